The number of hydrogen-bond acceptors (Lipinski definition) is 6. The molecule has 7 heteroatoms. The van der Waals surface area contributed by atoms with Crippen LogP contribution in [0.4, 0.5) is 22.7 Å². The zero-order valence-corrected chi connectivity index (χ0v) is 19.3. The Balaban J connectivity index is 0.00000280. The minimum atomic E-state index is 0. The molecule has 0 heterocycles. The fraction of sp³-hybridized carbons (Fsp3) is 0.238. The van der Waals surface area contributed by atoms with E-state index in [2.05, 4.69) is 31.8 Å². The van der Waals surface area contributed by atoms with Gasteiger partial charge in [0.05, 0.1) is 0 Å². The molecule has 0 aromatic heterocycles. The molecule has 0 saturated heterocycles. The number of hydrogen-bond donors (Lipinski definition) is 2. The maximum atomic E-state index is 10.7. The second-order valence-electron chi connectivity index (χ2n) is 6.24. The summed E-state index contributed by atoms with van der Waals surface area (Å²) in [6, 6.07) is 14.4. The number of aryl methyl sites for hydroxylation is 2. The van der Waals surface area contributed by atoms with Gasteiger partial charge in [-0.15, -0.1) is 22.8 Å². The van der Waals surface area contributed by atoms with Gasteiger partial charge >= 0.3 is 0 Å². The van der Waals surface area contributed by atoms with E-state index < -0.39 is 0 Å². The smallest absolute Gasteiger partial charge is 0.151 e. The van der Waals surface area contributed by atoms with E-state index in [0.29, 0.717) is 11.4 Å². The molecule has 3 aromatic carbocycles. The molecule has 0 atom stereocenters. The maximum Gasteiger partial charge on any atom is 0.151 e. The zero-order valence-electron chi connectivity index (χ0n) is 16.5. The number of aromatic hydroxyl groups is 1. The van der Waals surface area contributed by atoms with Gasteiger partial charge in [-0.1, -0.05) is 6.92 Å². The van der Waals surface area contributed by atoms with E-state index in [0.717, 1.165) is 39.8 Å². The molecule has 3 aromatic rings. The molecule has 6 nitrogen and oxygen atoms in total. The number of nitrogens with one attached hydrogen (secondary N) is 1. The molecular formula is C21H22N5OY-. The van der Waals surface area contributed by atoms with E-state index in [-0.39, 0.29) is 38.5 Å². The predicted octanol–water partition coefficient (Wildman–Crippen LogP) is 6.52. The molecule has 0 fully saturated rings. The molecule has 0 unspecified atom stereocenters. The number of phenolic OH excluding ortho intramolecular Hbond substituents is 1. The van der Waals surface area contributed by atoms with Crippen molar-refractivity contribution < 1.29 is 37.8 Å². The fourth-order valence-corrected chi connectivity index (χ4v) is 2.91. The molecule has 0 aliphatic heterocycles. The van der Waals surface area contributed by atoms with Gasteiger partial charge < -0.3 is 10.4 Å². The van der Waals surface area contributed by atoms with Crippen molar-refractivity contribution in [3.8, 4) is 5.75 Å². The summed E-state index contributed by atoms with van der Waals surface area (Å²) in [6.45, 7) is 6.73. The van der Waals surface area contributed by atoms with Gasteiger partial charge in [0.2, 0.25) is 0 Å². The van der Waals surface area contributed by atoms with Crippen molar-refractivity contribution in [1.82, 2.24) is 0 Å². The maximum absolute atomic E-state index is 10.7. The number of rotatable bonds is 5. The Morgan fingerprint density at radius 3 is 2.50 bits per heavy atom. The molecule has 1 radical (unpaired) electrons. The van der Waals surface area contributed by atoms with Crippen molar-refractivity contribution in [1.29, 1.82) is 0 Å². The number of phenols is 1. The summed E-state index contributed by atoms with van der Waals surface area (Å²) in [5, 5.41) is 32.0. The minimum absolute atomic E-state index is 0. The van der Waals surface area contributed by atoms with E-state index >= 15 is 0 Å². The summed E-state index contributed by atoms with van der Waals surface area (Å²) in [6.07, 6.45) is 0. The van der Waals surface area contributed by atoms with Crippen LogP contribution in [0.3, 0.4) is 0 Å². The van der Waals surface area contributed by atoms with Crippen molar-refractivity contribution >= 4 is 33.5 Å². The second-order valence-corrected chi connectivity index (χ2v) is 6.24. The normalized spacial score (nSPS) is 11.3. The van der Waals surface area contributed by atoms with Gasteiger partial charge in [0, 0.05) is 57.4 Å². The Bertz CT molecular complexity index is 1050. The average molecular weight is 449 g/mol. The van der Waals surface area contributed by atoms with Crippen molar-refractivity contribution in [3.63, 3.8) is 0 Å². The van der Waals surface area contributed by atoms with Crippen LogP contribution in [-0.2, 0) is 32.7 Å². The third kappa shape index (κ3) is 4.80. The third-order valence-electron chi connectivity index (χ3n) is 4.24. The van der Waals surface area contributed by atoms with Gasteiger partial charge in [-0.25, -0.2) is 10.2 Å². The molecule has 0 aliphatic rings. The molecule has 0 spiro atoms. The van der Waals surface area contributed by atoms with Crippen LogP contribution in [0.2, 0.25) is 0 Å². The number of anilines is 1. The van der Waals surface area contributed by atoms with Crippen LogP contribution >= 0.6 is 0 Å². The van der Waals surface area contributed by atoms with Crippen LogP contribution in [0.1, 0.15) is 18.1 Å². The topological polar surface area (TPSA) is 81.7 Å². The average Bonchev–Trinajstić information content (AvgIpc) is 2.64. The van der Waals surface area contributed by atoms with Crippen molar-refractivity contribution in [3.05, 3.63) is 53.6 Å². The molecule has 28 heavy (non-hydrogen) atoms. The van der Waals surface area contributed by atoms with Gasteiger partial charge in [-0.05, 0) is 60.4 Å². The minimum Gasteiger partial charge on any atom is -0.505 e. The van der Waals surface area contributed by atoms with E-state index in [4.69, 9.17) is 0 Å². The molecule has 0 aliphatic carbocycles. The molecule has 3 rings (SSSR count). The van der Waals surface area contributed by atoms with Crippen molar-refractivity contribution in [2.75, 3.05) is 18.9 Å². The van der Waals surface area contributed by atoms with E-state index in [9.17, 15) is 5.11 Å². The van der Waals surface area contributed by atoms with Gasteiger partial charge in [-0.2, -0.15) is 11.2 Å². The van der Waals surface area contributed by atoms with E-state index in [1.165, 1.54) is 0 Å². The SMILES string of the molecule is CCNc1ccc2c(O)c(N=Nc3[c-]cc(N=NC)c(C)c3)c(C)cc2c1.[Y]. The van der Waals surface area contributed by atoms with Crippen LogP contribution in [0.15, 0.2) is 56.9 Å². The number of azo groups is 2. The van der Waals surface area contributed by atoms with Gasteiger partial charge in [0.25, 0.3) is 0 Å². The van der Waals surface area contributed by atoms with Crippen LogP contribution in [0.25, 0.3) is 10.8 Å². The summed E-state index contributed by atoms with van der Waals surface area (Å²) < 4.78 is 0. The van der Waals surface area contributed by atoms with Gasteiger partial charge in [-0.3, -0.25) is 0 Å². The van der Waals surface area contributed by atoms with E-state index in [1.807, 2.05) is 51.1 Å². The Labute approximate surface area is 190 Å². The molecule has 0 amide bonds. The number of fused-ring (bicyclic) bond motifs is 1. The Morgan fingerprint density at radius 1 is 1.04 bits per heavy atom. The first-order valence-corrected chi connectivity index (χ1v) is 8.77. The Hall–Kier alpha value is -2.18. The van der Waals surface area contributed by atoms with Crippen LogP contribution in [-0.4, -0.2) is 18.7 Å². The summed E-state index contributed by atoms with van der Waals surface area (Å²) in [7, 11) is 1.62. The van der Waals surface area contributed by atoms with Crippen molar-refractivity contribution in [2.45, 2.75) is 20.8 Å². The van der Waals surface area contributed by atoms with Crippen LogP contribution in [0.5, 0.6) is 5.75 Å². The van der Waals surface area contributed by atoms with Crippen LogP contribution < -0.4 is 5.32 Å². The first-order chi connectivity index (χ1) is 13.0. The van der Waals surface area contributed by atoms with Gasteiger partial charge in [0.1, 0.15) is 5.69 Å². The quantitative estimate of drug-likeness (QED) is 0.343. The molecule has 2 N–H and O–H groups in total. The number of benzene rings is 3. The molecule has 0 saturated carbocycles. The van der Waals surface area contributed by atoms with Crippen molar-refractivity contribution in [2.24, 2.45) is 20.5 Å². The molecular weight excluding hydrogens is 427 g/mol. The monoisotopic (exact) mass is 449 g/mol. The van der Waals surface area contributed by atoms with E-state index in [1.54, 1.807) is 13.1 Å². The predicted molar refractivity (Wildman–Crippen MR) is 109 cm³/mol. The molecule has 141 valence electrons. The summed E-state index contributed by atoms with van der Waals surface area (Å²) in [5.74, 6) is 0.130. The number of nitrogens with zero attached hydrogens (tertiary/aromatic N) is 4. The molecule has 0 bridgehead atoms. The first kappa shape index (κ1) is 22.1. The third-order valence-corrected chi connectivity index (χ3v) is 4.24. The largest absolute Gasteiger partial charge is 0.505 e. The fourth-order valence-electron chi connectivity index (χ4n) is 2.91. The first-order valence-electron chi connectivity index (χ1n) is 8.77. The summed E-state index contributed by atoms with van der Waals surface area (Å²) >= 11 is 0. The Kier molecular flexibility index (Phi) is 7.78. The standard InChI is InChI=1S/C21H22N5O.Y/c1-5-23-16-6-8-18-15(12-16)10-14(3)20(21(18)27)26-24-17-7-9-19(25-22-4)13(2)11-17;/h6,8-12,23,27H,5H2,1-4H3;/q-1;. The second kappa shape index (κ2) is 9.85. The summed E-state index contributed by atoms with van der Waals surface area (Å²) in [4.78, 5) is 0. The summed E-state index contributed by atoms with van der Waals surface area (Å²) in [5.41, 5.74) is 4.59. The van der Waals surface area contributed by atoms with Gasteiger partial charge in [0.15, 0.2) is 5.75 Å². The van der Waals surface area contributed by atoms with Crippen LogP contribution in [0, 0.1) is 19.9 Å². The Morgan fingerprint density at radius 2 is 1.82 bits per heavy atom. The zero-order chi connectivity index (χ0) is 19.4.